The van der Waals surface area contributed by atoms with E-state index in [2.05, 4.69) is 10.0 Å². The van der Waals surface area contributed by atoms with Gasteiger partial charge in [-0.3, -0.25) is 10.1 Å². The zero-order chi connectivity index (χ0) is 14.6. The van der Waals surface area contributed by atoms with Gasteiger partial charge in [0, 0.05) is 19.7 Å². The molecule has 0 aliphatic heterocycles. The summed E-state index contributed by atoms with van der Waals surface area (Å²) in [5.41, 5.74) is 0.487. The molecule has 0 spiro atoms. The third kappa shape index (κ3) is 3.42. The summed E-state index contributed by atoms with van der Waals surface area (Å²) in [5, 5.41) is 13.6. The highest BCUT2D eigenvalue weighted by Crippen LogP contribution is 2.30. The molecule has 0 saturated heterocycles. The molecule has 0 aliphatic carbocycles. The van der Waals surface area contributed by atoms with Gasteiger partial charge in [0.15, 0.2) is 0 Å². The second-order valence-electron chi connectivity index (χ2n) is 4.04. The van der Waals surface area contributed by atoms with Crippen LogP contribution in [0.2, 0.25) is 0 Å². The number of hydrogen-bond acceptors (Lipinski definition) is 5. The lowest BCUT2D eigenvalue weighted by molar-refractivity contribution is -0.384. The average molecular weight is 287 g/mol. The third-order valence-electron chi connectivity index (χ3n) is 2.59. The van der Waals surface area contributed by atoms with Crippen molar-refractivity contribution in [3.05, 3.63) is 27.8 Å². The van der Waals surface area contributed by atoms with Crippen LogP contribution in [0, 0.1) is 17.0 Å². The molecule has 0 saturated carbocycles. The van der Waals surface area contributed by atoms with Crippen molar-refractivity contribution in [2.45, 2.75) is 25.2 Å². The first-order valence-corrected chi connectivity index (χ1v) is 7.28. The van der Waals surface area contributed by atoms with Gasteiger partial charge in [-0.2, -0.15) is 0 Å². The Bertz CT molecular complexity index is 584. The molecule has 7 nitrogen and oxygen atoms in total. The zero-order valence-corrected chi connectivity index (χ0v) is 11.9. The summed E-state index contributed by atoms with van der Waals surface area (Å²) < 4.78 is 26.5. The summed E-state index contributed by atoms with van der Waals surface area (Å²) in [6, 6.07) is 2.54. The molecule has 0 bridgehead atoms. The van der Waals surface area contributed by atoms with Gasteiger partial charge >= 0.3 is 0 Å². The fraction of sp³-hybridized carbons (Fsp3) is 0.455. The van der Waals surface area contributed by atoms with Gasteiger partial charge in [0.1, 0.15) is 5.69 Å². The third-order valence-corrected chi connectivity index (χ3v) is 4.19. The summed E-state index contributed by atoms with van der Waals surface area (Å²) >= 11 is 0. The van der Waals surface area contributed by atoms with Crippen molar-refractivity contribution < 1.29 is 13.3 Å². The average Bonchev–Trinajstić information content (AvgIpc) is 2.35. The van der Waals surface area contributed by atoms with Gasteiger partial charge in [-0.25, -0.2) is 13.1 Å². The highest BCUT2D eigenvalue weighted by atomic mass is 32.2. The van der Waals surface area contributed by atoms with Gasteiger partial charge in [-0.1, -0.05) is 6.92 Å². The molecule has 0 radical (unpaired) electrons. The first-order valence-electron chi connectivity index (χ1n) is 5.80. The van der Waals surface area contributed by atoms with Crippen molar-refractivity contribution >= 4 is 21.4 Å². The lowest BCUT2D eigenvalue weighted by Crippen LogP contribution is -2.25. The maximum Gasteiger partial charge on any atom is 0.293 e. The first kappa shape index (κ1) is 15.4. The van der Waals surface area contributed by atoms with Crippen LogP contribution >= 0.6 is 0 Å². The molecular formula is C11H17N3O4S. The molecule has 8 heteroatoms. The van der Waals surface area contributed by atoms with Crippen molar-refractivity contribution in [1.82, 2.24) is 4.72 Å². The zero-order valence-electron chi connectivity index (χ0n) is 11.1. The Morgan fingerprint density at radius 3 is 2.47 bits per heavy atom. The monoisotopic (exact) mass is 287 g/mol. The second kappa shape index (κ2) is 5.98. The molecule has 0 amide bonds. The van der Waals surface area contributed by atoms with Crippen molar-refractivity contribution in [2.75, 3.05) is 18.9 Å². The SMILES string of the molecule is CCCNS(=O)(=O)c1cc([N+](=O)[O-])c(NC)cc1C. The van der Waals surface area contributed by atoms with E-state index in [1.54, 1.807) is 14.0 Å². The predicted molar refractivity (Wildman–Crippen MR) is 72.9 cm³/mol. The molecular weight excluding hydrogens is 270 g/mol. The summed E-state index contributed by atoms with van der Waals surface area (Å²) in [6.45, 7) is 3.73. The molecule has 1 aromatic carbocycles. The Morgan fingerprint density at radius 1 is 1.37 bits per heavy atom. The Hall–Kier alpha value is -1.67. The van der Waals surface area contributed by atoms with Gasteiger partial charge in [-0.15, -0.1) is 0 Å². The summed E-state index contributed by atoms with van der Waals surface area (Å²) in [5.74, 6) is 0. The van der Waals surface area contributed by atoms with Crippen LogP contribution in [0.4, 0.5) is 11.4 Å². The highest BCUT2D eigenvalue weighted by Gasteiger charge is 2.23. The van der Waals surface area contributed by atoms with E-state index in [0.717, 1.165) is 6.07 Å². The van der Waals surface area contributed by atoms with Crippen molar-refractivity contribution in [3.63, 3.8) is 0 Å². The number of hydrogen-bond donors (Lipinski definition) is 2. The molecule has 19 heavy (non-hydrogen) atoms. The summed E-state index contributed by atoms with van der Waals surface area (Å²) in [7, 11) is -2.17. The predicted octanol–water partition coefficient (Wildman–Crippen LogP) is 1.63. The molecule has 0 aliphatic rings. The number of rotatable bonds is 6. The summed E-state index contributed by atoms with van der Waals surface area (Å²) in [6.07, 6.45) is 0.648. The smallest absolute Gasteiger partial charge is 0.293 e. The molecule has 1 rings (SSSR count). The second-order valence-corrected chi connectivity index (χ2v) is 5.78. The van der Waals surface area contributed by atoms with Crippen LogP contribution in [0.5, 0.6) is 0 Å². The molecule has 0 aromatic heterocycles. The van der Waals surface area contributed by atoms with Crippen LogP contribution in [-0.2, 0) is 10.0 Å². The first-order chi connectivity index (χ1) is 8.83. The lowest BCUT2D eigenvalue weighted by Gasteiger charge is -2.10. The molecule has 0 atom stereocenters. The highest BCUT2D eigenvalue weighted by molar-refractivity contribution is 7.89. The number of nitro groups is 1. The van der Waals surface area contributed by atoms with E-state index in [1.165, 1.54) is 6.07 Å². The fourth-order valence-corrected chi connectivity index (χ4v) is 3.01. The van der Waals surface area contributed by atoms with Crippen LogP contribution in [0.1, 0.15) is 18.9 Å². The van der Waals surface area contributed by atoms with Crippen molar-refractivity contribution in [1.29, 1.82) is 0 Å². The van der Waals surface area contributed by atoms with E-state index < -0.39 is 14.9 Å². The number of nitrogens with zero attached hydrogens (tertiary/aromatic N) is 1. The normalized spacial score (nSPS) is 11.3. The molecule has 0 heterocycles. The minimum atomic E-state index is -3.72. The molecule has 106 valence electrons. The number of nitro benzene ring substituents is 1. The van der Waals surface area contributed by atoms with Crippen LogP contribution < -0.4 is 10.0 Å². The van der Waals surface area contributed by atoms with E-state index in [1.807, 2.05) is 6.92 Å². The number of sulfonamides is 1. The van der Waals surface area contributed by atoms with Gasteiger partial charge in [-0.05, 0) is 25.0 Å². The minimum absolute atomic E-state index is 0.0633. The molecule has 1 aromatic rings. The number of benzene rings is 1. The number of nitrogens with one attached hydrogen (secondary N) is 2. The van der Waals surface area contributed by atoms with Gasteiger partial charge in [0.25, 0.3) is 5.69 Å². The fourth-order valence-electron chi connectivity index (χ4n) is 1.63. The van der Waals surface area contributed by atoms with E-state index in [4.69, 9.17) is 0 Å². The van der Waals surface area contributed by atoms with Crippen LogP contribution in [0.3, 0.4) is 0 Å². The van der Waals surface area contributed by atoms with Crippen molar-refractivity contribution in [2.24, 2.45) is 0 Å². The van der Waals surface area contributed by atoms with Crippen molar-refractivity contribution in [3.8, 4) is 0 Å². The Kier molecular flexibility index (Phi) is 4.84. The number of anilines is 1. The Morgan fingerprint density at radius 2 is 2.00 bits per heavy atom. The Balaban J connectivity index is 3.37. The lowest BCUT2D eigenvalue weighted by atomic mass is 10.2. The molecule has 0 unspecified atom stereocenters. The molecule has 2 N–H and O–H groups in total. The van der Waals surface area contributed by atoms with Crippen LogP contribution in [-0.4, -0.2) is 26.9 Å². The van der Waals surface area contributed by atoms with E-state index >= 15 is 0 Å². The topological polar surface area (TPSA) is 101 Å². The largest absolute Gasteiger partial charge is 0.383 e. The standard InChI is InChI=1S/C11H17N3O4S/c1-4-5-13-19(17,18)11-7-10(14(15)16)9(12-3)6-8(11)2/h6-7,12-13H,4-5H2,1-3H3. The van der Waals surface area contributed by atoms with Gasteiger partial charge in [0.2, 0.25) is 10.0 Å². The van der Waals surface area contributed by atoms with Crippen LogP contribution in [0.15, 0.2) is 17.0 Å². The van der Waals surface area contributed by atoms with E-state index in [0.29, 0.717) is 18.5 Å². The Labute approximate surface area is 112 Å². The quantitative estimate of drug-likeness (QED) is 0.611. The minimum Gasteiger partial charge on any atom is -0.383 e. The summed E-state index contributed by atoms with van der Waals surface area (Å²) in [4.78, 5) is 10.3. The van der Waals surface area contributed by atoms with Gasteiger partial charge < -0.3 is 5.32 Å². The number of aryl methyl sites for hydroxylation is 1. The van der Waals surface area contributed by atoms with E-state index in [9.17, 15) is 18.5 Å². The molecule has 0 fully saturated rings. The van der Waals surface area contributed by atoms with Crippen LogP contribution in [0.25, 0.3) is 0 Å². The maximum absolute atomic E-state index is 12.0. The van der Waals surface area contributed by atoms with E-state index in [-0.39, 0.29) is 16.3 Å². The maximum atomic E-state index is 12.0. The van der Waals surface area contributed by atoms with Gasteiger partial charge in [0.05, 0.1) is 9.82 Å².